The molecule has 1 heterocycles. The van der Waals surface area contributed by atoms with Crippen LogP contribution in [0.25, 0.3) is 11.3 Å². The van der Waals surface area contributed by atoms with Crippen LogP contribution >= 0.6 is 0 Å². The highest BCUT2D eigenvalue weighted by Crippen LogP contribution is 2.30. The van der Waals surface area contributed by atoms with Gasteiger partial charge in [-0.05, 0) is 37.3 Å². The third kappa shape index (κ3) is 2.26. The maximum atomic E-state index is 5.97. The standard InChI is InChI=1S/C15H21N3/c1-9(2)8-13-14(17-18-15(13)16)12-7-5-6-10(3)11(12)4/h5-7,9H,8H2,1-4H3,(H3,16,17,18). The fraction of sp³-hybridized carbons (Fsp3) is 0.400. The van der Waals surface area contributed by atoms with Crippen LogP contribution < -0.4 is 5.73 Å². The normalized spacial score (nSPS) is 11.2. The van der Waals surface area contributed by atoms with E-state index in [0.717, 1.165) is 17.7 Å². The van der Waals surface area contributed by atoms with Crippen molar-refractivity contribution in [3.8, 4) is 11.3 Å². The summed E-state index contributed by atoms with van der Waals surface area (Å²) in [6.45, 7) is 8.65. The van der Waals surface area contributed by atoms with E-state index in [-0.39, 0.29) is 0 Å². The highest BCUT2D eigenvalue weighted by atomic mass is 15.2. The summed E-state index contributed by atoms with van der Waals surface area (Å²) in [4.78, 5) is 0. The molecule has 3 nitrogen and oxygen atoms in total. The second-order valence-corrected chi connectivity index (χ2v) is 5.31. The summed E-state index contributed by atoms with van der Waals surface area (Å²) in [5, 5.41) is 7.26. The Morgan fingerprint density at radius 2 is 2.00 bits per heavy atom. The molecule has 1 aromatic heterocycles. The highest BCUT2D eigenvalue weighted by Gasteiger charge is 2.15. The second-order valence-electron chi connectivity index (χ2n) is 5.31. The van der Waals surface area contributed by atoms with Gasteiger partial charge in [-0.3, -0.25) is 5.10 Å². The lowest BCUT2D eigenvalue weighted by molar-refractivity contribution is 0.649. The fourth-order valence-corrected chi connectivity index (χ4v) is 2.24. The number of H-pyrrole nitrogens is 1. The topological polar surface area (TPSA) is 54.7 Å². The van der Waals surface area contributed by atoms with E-state index in [0.29, 0.717) is 11.7 Å². The molecule has 2 rings (SSSR count). The van der Waals surface area contributed by atoms with Gasteiger partial charge in [-0.2, -0.15) is 5.10 Å². The van der Waals surface area contributed by atoms with Gasteiger partial charge in [0.2, 0.25) is 0 Å². The Kier molecular flexibility index (Phi) is 3.41. The Morgan fingerprint density at radius 3 is 2.67 bits per heavy atom. The van der Waals surface area contributed by atoms with Gasteiger partial charge in [0, 0.05) is 11.1 Å². The molecule has 0 fully saturated rings. The zero-order chi connectivity index (χ0) is 13.3. The first-order chi connectivity index (χ1) is 8.50. The lowest BCUT2D eigenvalue weighted by Crippen LogP contribution is -1.99. The molecule has 3 heteroatoms. The molecule has 0 amide bonds. The van der Waals surface area contributed by atoms with E-state index >= 15 is 0 Å². The van der Waals surface area contributed by atoms with Crippen LogP contribution in [-0.4, -0.2) is 10.2 Å². The lowest BCUT2D eigenvalue weighted by Gasteiger charge is -2.10. The van der Waals surface area contributed by atoms with E-state index in [1.807, 2.05) is 0 Å². The van der Waals surface area contributed by atoms with E-state index in [4.69, 9.17) is 5.73 Å². The number of hydrogen-bond acceptors (Lipinski definition) is 2. The third-order valence-corrected chi connectivity index (χ3v) is 3.39. The van der Waals surface area contributed by atoms with Gasteiger partial charge in [0.1, 0.15) is 5.82 Å². The predicted molar refractivity (Wildman–Crippen MR) is 76.5 cm³/mol. The summed E-state index contributed by atoms with van der Waals surface area (Å²) in [6.07, 6.45) is 0.949. The van der Waals surface area contributed by atoms with Gasteiger partial charge in [-0.15, -0.1) is 0 Å². The minimum Gasteiger partial charge on any atom is -0.382 e. The van der Waals surface area contributed by atoms with Gasteiger partial charge in [0.25, 0.3) is 0 Å². The van der Waals surface area contributed by atoms with E-state index in [2.05, 4.69) is 56.1 Å². The number of rotatable bonds is 3. The molecule has 0 aliphatic heterocycles. The summed E-state index contributed by atoms with van der Waals surface area (Å²) < 4.78 is 0. The van der Waals surface area contributed by atoms with Gasteiger partial charge in [-0.25, -0.2) is 0 Å². The third-order valence-electron chi connectivity index (χ3n) is 3.39. The fourth-order valence-electron chi connectivity index (χ4n) is 2.24. The molecule has 96 valence electrons. The summed E-state index contributed by atoms with van der Waals surface area (Å²) in [5.41, 5.74) is 12.0. The minimum absolute atomic E-state index is 0.564. The number of nitrogens with zero attached hydrogens (tertiary/aromatic N) is 1. The van der Waals surface area contributed by atoms with Crippen molar-refractivity contribution in [1.29, 1.82) is 0 Å². The molecular formula is C15H21N3. The first-order valence-corrected chi connectivity index (χ1v) is 6.40. The Bertz CT molecular complexity index is 553. The molecule has 0 bridgehead atoms. The van der Waals surface area contributed by atoms with Crippen molar-refractivity contribution in [3.05, 3.63) is 34.9 Å². The number of aryl methyl sites for hydroxylation is 1. The summed E-state index contributed by atoms with van der Waals surface area (Å²) in [5.74, 6) is 1.19. The maximum Gasteiger partial charge on any atom is 0.149 e. The molecule has 0 aliphatic carbocycles. The van der Waals surface area contributed by atoms with Crippen molar-refractivity contribution >= 4 is 5.82 Å². The molecule has 0 saturated heterocycles. The quantitative estimate of drug-likeness (QED) is 0.867. The SMILES string of the molecule is Cc1cccc(-c2[nH]nc(N)c2CC(C)C)c1C. The summed E-state index contributed by atoms with van der Waals surface area (Å²) in [7, 11) is 0. The van der Waals surface area contributed by atoms with Gasteiger partial charge >= 0.3 is 0 Å². The van der Waals surface area contributed by atoms with Crippen LogP contribution in [0, 0.1) is 19.8 Å². The average Bonchev–Trinajstić information content (AvgIpc) is 2.64. The molecule has 18 heavy (non-hydrogen) atoms. The molecule has 0 saturated carbocycles. The minimum atomic E-state index is 0.564. The van der Waals surface area contributed by atoms with Crippen LogP contribution in [0.4, 0.5) is 5.82 Å². The molecule has 2 aromatic rings. The number of nitrogens with two attached hydrogens (primary N) is 1. The second kappa shape index (κ2) is 4.84. The van der Waals surface area contributed by atoms with Gasteiger partial charge in [-0.1, -0.05) is 32.0 Å². The Labute approximate surface area is 108 Å². The highest BCUT2D eigenvalue weighted by molar-refractivity contribution is 5.71. The van der Waals surface area contributed by atoms with Crippen LogP contribution in [0.1, 0.15) is 30.5 Å². The summed E-state index contributed by atoms with van der Waals surface area (Å²) in [6, 6.07) is 6.33. The van der Waals surface area contributed by atoms with Crippen LogP contribution in [0.2, 0.25) is 0 Å². The van der Waals surface area contributed by atoms with Crippen LogP contribution in [0.3, 0.4) is 0 Å². The lowest BCUT2D eigenvalue weighted by atomic mass is 9.95. The number of aromatic nitrogens is 2. The molecule has 0 aliphatic rings. The number of nitrogen functional groups attached to an aromatic ring is 1. The first-order valence-electron chi connectivity index (χ1n) is 6.40. The van der Waals surface area contributed by atoms with E-state index in [1.54, 1.807) is 0 Å². The van der Waals surface area contributed by atoms with Crippen LogP contribution in [0.5, 0.6) is 0 Å². The van der Waals surface area contributed by atoms with E-state index < -0.39 is 0 Å². The maximum absolute atomic E-state index is 5.97. The van der Waals surface area contributed by atoms with Gasteiger partial charge < -0.3 is 5.73 Å². The Morgan fingerprint density at radius 1 is 1.28 bits per heavy atom. The number of nitrogens with one attached hydrogen (secondary N) is 1. The number of benzene rings is 1. The zero-order valence-corrected chi connectivity index (χ0v) is 11.5. The largest absolute Gasteiger partial charge is 0.382 e. The van der Waals surface area contributed by atoms with Crippen molar-refractivity contribution in [2.75, 3.05) is 5.73 Å². The van der Waals surface area contributed by atoms with E-state index in [1.165, 1.54) is 16.7 Å². The van der Waals surface area contributed by atoms with Crippen molar-refractivity contribution in [2.24, 2.45) is 5.92 Å². The number of aromatic amines is 1. The van der Waals surface area contributed by atoms with Crippen molar-refractivity contribution in [2.45, 2.75) is 34.1 Å². The Hall–Kier alpha value is -1.77. The number of anilines is 1. The average molecular weight is 243 g/mol. The van der Waals surface area contributed by atoms with Crippen LogP contribution in [0.15, 0.2) is 18.2 Å². The monoisotopic (exact) mass is 243 g/mol. The number of hydrogen-bond donors (Lipinski definition) is 2. The molecule has 0 atom stereocenters. The first kappa shape index (κ1) is 12.7. The van der Waals surface area contributed by atoms with Gasteiger partial charge in [0.05, 0.1) is 5.69 Å². The van der Waals surface area contributed by atoms with Gasteiger partial charge in [0.15, 0.2) is 0 Å². The smallest absolute Gasteiger partial charge is 0.149 e. The van der Waals surface area contributed by atoms with Crippen molar-refractivity contribution in [1.82, 2.24) is 10.2 Å². The Balaban J connectivity index is 2.54. The molecular weight excluding hydrogens is 222 g/mol. The van der Waals surface area contributed by atoms with Crippen molar-refractivity contribution < 1.29 is 0 Å². The molecule has 3 N–H and O–H groups in total. The van der Waals surface area contributed by atoms with E-state index in [9.17, 15) is 0 Å². The van der Waals surface area contributed by atoms with Crippen LogP contribution in [-0.2, 0) is 6.42 Å². The predicted octanol–water partition coefficient (Wildman–Crippen LogP) is 3.47. The zero-order valence-electron chi connectivity index (χ0n) is 11.5. The van der Waals surface area contributed by atoms with Crippen molar-refractivity contribution in [3.63, 3.8) is 0 Å². The molecule has 0 unspecified atom stereocenters. The molecule has 0 spiro atoms. The molecule has 0 radical (unpaired) electrons. The summed E-state index contributed by atoms with van der Waals surface area (Å²) >= 11 is 0. The molecule has 1 aromatic carbocycles.